The molecule has 0 N–H and O–H groups in total. The Morgan fingerprint density at radius 2 is 1.78 bits per heavy atom. The topological polar surface area (TPSA) is 33.0 Å². The van der Waals surface area contributed by atoms with Crippen molar-refractivity contribution in [2.45, 2.75) is 13.1 Å². The van der Waals surface area contributed by atoms with Crippen molar-refractivity contribution in [3.05, 3.63) is 64.8 Å². The van der Waals surface area contributed by atoms with Crippen molar-refractivity contribution in [1.29, 1.82) is 0 Å². The van der Waals surface area contributed by atoms with E-state index in [2.05, 4.69) is 14.8 Å². The minimum atomic E-state index is -0.305. The molecule has 142 valence electrons. The van der Waals surface area contributed by atoms with Gasteiger partial charge in [0.1, 0.15) is 5.65 Å². The number of fused-ring (bicyclic) bond motifs is 1. The van der Waals surface area contributed by atoms with E-state index in [0.29, 0.717) is 5.02 Å². The Balaban J connectivity index is 1.32. The molecule has 0 aliphatic carbocycles. The zero-order valence-corrected chi connectivity index (χ0v) is 16.0. The summed E-state index contributed by atoms with van der Waals surface area (Å²) in [4.78, 5) is 9.40. The number of methoxy groups -OCH3 is 1. The number of hydrogen-bond acceptors (Lipinski definition) is 4. The fourth-order valence-corrected chi connectivity index (χ4v) is 3.66. The van der Waals surface area contributed by atoms with Gasteiger partial charge in [0.05, 0.1) is 17.8 Å². The second-order valence-electron chi connectivity index (χ2n) is 6.87. The predicted molar refractivity (Wildman–Crippen MR) is 104 cm³/mol. The first-order valence-electron chi connectivity index (χ1n) is 9.01. The van der Waals surface area contributed by atoms with Crippen LogP contribution in [-0.2, 0) is 13.1 Å². The molecule has 27 heavy (non-hydrogen) atoms. The van der Waals surface area contributed by atoms with E-state index in [1.54, 1.807) is 12.1 Å². The van der Waals surface area contributed by atoms with Crippen LogP contribution in [0.4, 0.5) is 4.39 Å². The summed E-state index contributed by atoms with van der Waals surface area (Å²) >= 11 is 6.03. The molecule has 1 aromatic carbocycles. The van der Waals surface area contributed by atoms with Gasteiger partial charge in [-0.3, -0.25) is 9.80 Å². The minimum Gasteiger partial charge on any atom is -0.494 e. The van der Waals surface area contributed by atoms with Crippen LogP contribution in [-0.4, -0.2) is 52.5 Å². The van der Waals surface area contributed by atoms with Gasteiger partial charge in [0.25, 0.3) is 0 Å². The number of hydrogen-bond donors (Lipinski definition) is 0. The fraction of sp³-hybridized carbons (Fsp3) is 0.350. The van der Waals surface area contributed by atoms with E-state index in [4.69, 9.17) is 16.3 Å². The number of aromatic nitrogens is 2. The average Bonchev–Trinajstić information content (AvgIpc) is 3.05. The number of imidazole rings is 1. The van der Waals surface area contributed by atoms with Gasteiger partial charge in [-0.05, 0) is 29.8 Å². The number of benzene rings is 1. The third-order valence-corrected chi connectivity index (χ3v) is 5.16. The van der Waals surface area contributed by atoms with E-state index in [9.17, 15) is 4.39 Å². The highest BCUT2D eigenvalue weighted by molar-refractivity contribution is 6.30. The van der Waals surface area contributed by atoms with E-state index in [1.807, 2.05) is 35.0 Å². The smallest absolute Gasteiger partial charge is 0.165 e. The van der Waals surface area contributed by atoms with Crippen LogP contribution in [0.3, 0.4) is 0 Å². The molecule has 0 spiro atoms. The number of pyridine rings is 1. The maximum absolute atomic E-state index is 13.9. The highest BCUT2D eigenvalue weighted by Gasteiger charge is 2.18. The molecule has 0 saturated carbocycles. The van der Waals surface area contributed by atoms with Gasteiger partial charge < -0.3 is 9.14 Å². The summed E-state index contributed by atoms with van der Waals surface area (Å²) in [5, 5.41) is 0.704. The molecule has 2 aromatic heterocycles. The Kier molecular flexibility index (Phi) is 5.29. The van der Waals surface area contributed by atoms with Crippen LogP contribution < -0.4 is 4.74 Å². The van der Waals surface area contributed by atoms with Crippen molar-refractivity contribution in [3.63, 3.8) is 0 Å². The van der Waals surface area contributed by atoms with Crippen molar-refractivity contribution in [2.24, 2.45) is 0 Å². The number of piperazine rings is 1. The van der Waals surface area contributed by atoms with Crippen LogP contribution in [0, 0.1) is 5.82 Å². The maximum atomic E-state index is 13.9. The summed E-state index contributed by atoms with van der Waals surface area (Å²) in [5.74, 6) is -0.0158. The van der Waals surface area contributed by atoms with E-state index < -0.39 is 0 Å². The Bertz CT molecular complexity index is 937. The SMILES string of the molecule is COc1ccc(CN2CCN(Cc3cn4cc(Cl)ccc4n3)CC2)cc1F. The molecule has 0 bridgehead atoms. The van der Waals surface area contributed by atoms with Crippen LogP contribution in [0.15, 0.2) is 42.7 Å². The van der Waals surface area contributed by atoms with Crippen LogP contribution >= 0.6 is 11.6 Å². The Labute approximate surface area is 162 Å². The fourth-order valence-electron chi connectivity index (χ4n) is 3.49. The first-order chi connectivity index (χ1) is 13.1. The van der Waals surface area contributed by atoms with Crippen LogP contribution in [0.5, 0.6) is 5.75 Å². The van der Waals surface area contributed by atoms with Gasteiger partial charge in [-0.25, -0.2) is 9.37 Å². The lowest BCUT2D eigenvalue weighted by Gasteiger charge is -2.34. The van der Waals surface area contributed by atoms with Crippen molar-refractivity contribution in [3.8, 4) is 5.75 Å². The molecule has 1 saturated heterocycles. The molecule has 3 aromatic rings. The number of halogens is 2. The van der Waals surface area contributed by atoms with Gasteiger partial charge in [-0.1, -0.05) is 17.7 Å². The monoisotopic (exact) mass is 388 g/mol. The molecule has 0 atom stereocenters. The van der Waals surface area contributed by atoms with Crippen molar-refractivity contribution >= 4 is 17.2 Å². The third kappa shape index (κ3) is 4.24. The molecule has 0 unspecified atom stereocenters. The van der Waals surface area contributed by atoms with Crippen molar-refractivity contribution in [1.82, 2.24) is 19.2 Å². The number of nitrogens with zero attached hydrogens (tertiary/aromatic N) is 4. The summed E-state index contributed by atoms with van der Waals surface area (Å²) in [6.07, 6.45) is 3.91. The van der Waals surface area contributed by atoms with Gasteiger partial charge >= 0.3 is 0 Å². The van der Waals surface area contributed by atoms with Gasteiger partial charge in [0.15, 0.2) is 11.6 Å². The van der Waals surface area contributed by atoms with Gasteiger partial charge in [-0.15, -0.1) is 0 Å². The van der Waals surface area contributed by atoms with E-state index >= 15 is 0 Å². The second-order valence-corrected chi connectivity index (χ2v) is 7.30. The summed E-state index contributed by atoms with van der Waals surface area (Å²) in [6, 6.07) is 8.96. The summed E-state index contributed by atoms with van der Waals surface area (Å²) in [7, 11) is 1.48. The van der Waals surface area contributed by atoms with Crippen molar-refractivity contribution < 1.29 is 9.13 Å². The average molecular weight is 389 g/mol. The standard InChI is InChI=1S/C20H22ClFN4O/c1-27-19-4-2-15(10-18(19)22)11-24-6-8-25(9-7-24)13-17-14-26-12-16(21)3-5-20(26)23-17/h2-5,10,12,14H,6-9,11,13H2,1H3. The predicted octanol–water partition coefficient (Wildman–Crippen LogP) is 3.45. The van der Waals surface area contributed by atoms with Gasteiger partial charge in [-0.2, -0.15) is 0 Å². The van der Waals surface area contributed by atoms with Crippen molar-refractivity contribution in [2.75, 3.05) is 33.3 Å². The lowest BCUT2D eigenvalue weighted by molar-refractivity contribution is 0.121. The molecule has 3 heterocycles. The summed E-state index contributed by atoms with van der Waals surface area (Å²) in [5.41, 5.74) is 2.93. The molecular weight excluding hydrogens is 367 g/mol. The molecule has 7 heteroatoms. The van der Waals surface area contributed by atoms with Gasteiger partial charge in [0, 0.05) is 51.7 Å². The van der Waals surface area contributed by atoms with Gasteiger partial charge in [0.2, 0.25) is 0 Å². The Hall–Kier alpha value is -2.15. The molecule has 1 fully saturated rings. The Morgan fingerprint density at radius 1 is 1.04 bits per heavy atom. The first kappa shape index (κ1) is 18.2. The highest BCUT2D eigenvalue weighted by atomic mass is 35.5. The lowest BCUT2D eigenvalue weighted by atomic mass is 10.2. The lowest BCUT2D eigenvalue weighted by Crippen LogP contribution is -2.45. The van der Waals surface area contributed by atoms with E-state index in [1.165, 1.54) is 7.11 Å². The quantitative estimate of drug-likeness (QED) is 0.670. The minimum absolute atomic E-state index is 0.289. The summed E-state index contributed by atoms with van der Waals surface area (Å²) < 4.78 is 20.8. The highest BCUT2D eigenvalue weighted by Crippen LogP contribution is 2.19. The number of rotatable bonds is 5. The third-order valence-electron chi connectivity index (χ3n) is 4.94. The zero-order valence-electron chi connectivity index (χ0n) is 15.2. The van der Waals surface area contributed by atoms with E-state index in [-0.39, 0.29) is 11.6 Å². The Morgan fingerprint density at radius 3 is 2.48 bits per heavy atom. The number of ether oxygens (including phenoxy) is 1. The largest absolute Gasteiger partial charge is 0.494 e. The van der Waals surface area contributed by atoms with E-state index in [0.717, 1.165) is 56.2 Å². The molecule has 0 radical (unpaired) electrons. The summed E-state index contributed by atoms with van der Waals surface area (Å²) in [6.45, 7) is 5.41. The molecular formula is C20H22ClFN4O. The van der Waals surface area contributed by atoms with Crippen LogP contribution in [0.2, 0.25) is 5.02 Å². The van der Waals surface area contributed by atoms with Crippen LogP contribution in [0.25, 0.3) is 5.65 Å². The molecule has 1 aliphatic rings. The first-order valence-corrected chi connectivity index (χ1v) is 9.39. The second kappa shape index (κ2) is 7.84. The molecule has 4 rings (SSSR count). The molecule has 1 aliphatic heterocycles. The maximum Gasteiger partial charge on any atom is 0.165 e. The van der Waals surface area contributed by atoms with Crippen LogP contribution in [0.1, 0.15) is 11.3 Å². The molecule has 0 amide bonds. The normalized spacial score (nSPS) is 16.1. The molecule has 5 nitrogen and oxygen atoms in total. The zero-order chi connectivity index (χ0) is 18.8.